The summed E-state index contributed by atoms with van der Waals surface area (Å²) in [4.78, 5) is 26.7. The molecule has 1 aromatic carbocycles. The first-order valence-corrected chi connectivity index (χ1v) is 12.5. The van der Waals surface area contributed by atoms with E-state index in [-0.39, 0.29) is 23.4 Å². The molecule has 1 N–H and O–H groups in total. The lowest BCUT2D eigenvalue weighted by Gasteiger charge is -2.51. The summed E-state index contributed by atoms with van der Waals surface area (Å²) in [6.07, 6.45) is 5.49. The van der Waals surface area contributed by atoms with Crippen LogP contribution in [0.15, 0.2) is 18.2 Å². The van der Waals surface area contributed by atoms with Gasteiger partial charge in [0, 0.05) is 23.6 Å². The molecule has 0 aromatic heterocycles. The topological polar surface area (TPSA) is 57.6 Å². The summed E-state index contributed by atoms with van der Waals surface area (Å²) in [5.41, 5.74) is 1.53. The van der Waals surface area contributed by atoms with E-state index in [1.165, 1.54) is 12.1 Å². The van der Waals surface area contributed by atoms with Crippen molar-refractivity contribution in [2.24, 2.45) is 23.2 Å². The zero-order chi connectivity index (χ0) is 24.3. The third-order valence-corrected chi connectivity index (χ3v) is 9.02. The summed E-state index contributed by atoms with van der Waals surface area (Å²) in [6, 6.07) is 4.82. The molecule has 0 aliphatic heterocycles. The van der Waals surface area contributed by atoms with Crippen molar-refractivity contribution in [1.29, 1.82) is 0 Å². The van der Waals surface area contributed by atoms with Crippen molar-refractivity contribution in [3.05, 3.63) is 34.9 Å². The van der Waals surface area contributed by atoms with E-state index in [2.05, 4.69) is 34.6 Å². The molecule has 3 unspecified atom stereocenters. The molecule has 6 heteroatoms. The van der Waals surface area contributed by atoms with Gasteiger partial charge in [-0.2, -0.15) is 8.78 Å². The molecule has 33 heavy (non-hydrogen) atoms. The van der Waals surface area contributed by atoms with Gasteiger partial charge in [0.05, 0.1) is 0 Å². The Balaban J connectivity index is 1.59. The summed E-state index contributed by atoms with van der Waals surface area (Å²) in [7, 11) is 0. The molecule has 3 aliphatic rings. The number of nitrogens with zero attached hydrogens (tertiary/aromatic N) is 1. The second-order valence-corrected chi connectivity index (χ2v) is 11.3. The minimum atomic E-state index is -3.87. The highest BCUT2D eigenvalue weighted by atomic mass is 19.3. The minimum Gasteiger partial charge on any atom is -0.477 e. The molecule has 0 bridgehead atoms. The van der Waals surface area contributed by atoms with E-state index in [9.17, 15) is 18.4 Å². The molecule has 4 nitrogen and oxygen atoms in total. The van der Waals surface area contributed by atoms with Crippen molar-refractivity contribution in [2.75, 3.05) is 0 Å². The van der Waals surface area contributed by atoms with Gasteiger partial charge >= 0.3 is 11.9 Å². The van der Waals surface area contributed by atoms with Crippen LogP contribution in [0.5, 0.6) is 0 Å². The number of alkyl halides is 2. The number of carboxylic acids is 1. The van der Waals surface area contributed by atoms with Crippen LogP contribution >= 0.6 is 0 Å². The lowest BCUT2D eigenvalue weighted by molar-refractivity contribution is -0.166. The summed E-state index contributed by atoms with van der Waals surface area (Å²) in [5, 5.41) is 8.91. The predicted molar refractivity (Wildman–Crippen MR) is 123 cm³/mol. The van der Waals surface area contributed by atoms with Crippen molar-refractivity contribution in [1.82, 2.24) is 4.90 Å². The van der Waals surface area contributed by atoms with E-state index in [1.807, 2.05) is 4.90 Å². The predicted octanol–water partition coefficient (Wildman–Crippen LogP) is 5.98. The first-order chi connectivity index (χ1) is 15.4. The highest BCUT2D eigenvalue weighted by molar-refractivity contribution is 5.81. The number of fused-ring (bicyclic) bond motifs is 5. The minimum absolute atomic E-state index is 0.0198. The Hall–Kier alpha value is -1.98. The third kappa shape index (κ3) is 3.77. The fraction of sp³-hybridized carbons (Fsp3) is 0.704. The zero-order valence-electron chi connectivity index (χ0n) is 20.4. The average molecular weight is 462 g/mol. The number of rotatable bonds is 5. The van der Waals surface area contributed by atoms with Gasteiger partial charge in [-0.3, -0.25) is 4.79 Å². The number of amides is 1. The standard InChI is InChI=1S/C27H37F2NO3/c1-15(2)30(16(3)4)24(31)23-11-10-22-21-8-6-17-14-18(27(28,29)25(32)33)7-9-19(17)20(21)12-13-26(22,23)5/h7,9,14-16,20-23H,6,8,10-13H2,1-5H3,(H,32,33)/t20?,21?,22?,23-,26+/m1/s1. The largest absolute Gasteiger partial charge is 0.477 e. The molecule has 0 spiro atoms. The molecule has 1 amide bonds. The number of carbonyl (C=O) groups excluding carboxylic acids is 1. The number of aliphatic carboxylic acids is 1. The van der Waals surface area contributed by atoms with Crippen LogP contribution in [0.25, 0.3) is 0 Å². The number of aryl methyl sites for hydroxylation is 1. The smallest absolute Gasteiger partial charge is 0.379 e. The van der Waals surface area contributed by atoms with Gasteiger partial charge in [0.15, 0.2) is 0 Å². The molecule has 2 saturated carbocycles. The van der Waals surface area contributed by atoms with Crippen LogP contribution in [0.2, 0.25) is 0 Å². The van der Waals surface area contributed by atoms with Crippen molar-refractivity contribution < 1.29 is 23.5 Å². The Bertz CT molecular complexity index is 935. The van der Waals surface area contributed by atoms with E-state index < -0.39 is 17.5 Å². The van der Waals surface area contributed by atoms with E-state index in [1.54, 1.807) is 6.07 Å². The first-order valence-electron chi connectivity index (χ1n) is 12.5. The summed E-state index contributed by atoms with van der Waals surface area (Å²) in [5.74, 6) is -4.42. The molecular weight excluding hydrogens is 424 g/mol. The van der Waals surface area contributed by atoms with Gasteiger partial charge < -0.3 is 10.0 Å². The maximum absolute atomic E-state index is 14.1. The first kappa shape index (κ1) is 24.2. The number of carbonyl (C=O) groups is 2. The molecular formula is C27H37F2NO3. The Labute approximate surface area is 195 Å². The lowest BCUT2D eigenvalue weighted by Crippen LogP contribution is -2.50. The molecule has 0 heterocycles. The average Bonchev–Trinajstić information content (AvgIpc) is 3.09. The third-order valence-electron chi connectivity index (χ3n) is 9.02. The monoisotopic (exact) mass is 461 g/mol. The van der Waals surface area contributed by atoms with Crippen molar-refractivity contribution >= 4 is 11.9 Å². The summed E-state index contributed by atoms with van der Waals surface area (Å²) >= 11 is 0. The lowest BCUT2D eigenvalue weighted by atomic mass is 9.54. The quantitative estimate of drug-likeness (QED) is 0.587. The van der Waals surface area contributed by atoms with Crippen LogP contribution in [0.3, 0.4) is 0 Å². The van der Waals surface area contributed by atoms with Crippen LogP contribution in [-0.2, 0) is 21.9 Å². The highest BCUT2D eigenvalue weighted by Crippen LogP contribution is 2.63. The van der Waals surface area contributed by atoms with Gasteiger partial charge in [0.25, 0.3) is 0 Å². The number of hydrogen-bond acceptors (Lipinski definition) is 2. The molecule has 182 valence electrons. The van der Waals surface area contributed by atoms with Gasteiger partial charge in [-0.05, 0) is 107 Å². The Morgan fingerprint density at radius 1 is 1.09 bits per heavy atom. The number of hydrogen-bond donors (Lipinski definition) is 1. The van der Waals surface area contributed by atoms with E-state index in [0.717, 1.165) is 43.2 Å². The molecule has 5 atom stereocenters. The molecule has 0 saturated heterocycles. The van der Waals surface area contributed by atoms with Crippen LogP contribution in [0, 0.1) is 23.2 Å². The summed E-state index contributed by atoms with van der Waals surface area (Å²) in [6.45, 7) is 10.7. The van der Waals surface area contributed by atoms with E-state index in [4.69, 9.17) is 5.11 Å². The molecule has 3 aliphatic carbocycles. The Kier molecular flexibility index (Phi) is 6.11. The van der Waals surface area contributed by atoms with Gasteiger partial charge in [-0.25, -0.2) is 4.79 Å². The highest BCUT2D eigenvalue weighted by Gasteiger charge is 2.57. The molecule has 1 aromatic rings. The number of carboxylic acid groups (broad SMARTS) is 1. The van der Waals surface area contributed by atoms with Crippen molar-refractivity contribution in [3.8, 4) is 0 Å². The van der Waals surface area contributed by atoms with E-state index >= 15 is 0 Å². The van der Waals surface area contributed by atoms with Gasteiger partial charge in [0.2, 0.25) is 5.91 Å². The Morgan fingerprint density at radius 2 is 1.76 bits per heavy atom. The normalized spacial score (nSPS) is 31.2. The second-order valence-electron chi connectivity index (χ2n) is 11.3. The van der Waals surface area contributed by atoms with Crippen LogP contribution in [0.1, 0.15) is 89.3 Å². The number of halogens is 2. The zero-order valence-corrected chi connectivity index (χ0v) is 20.4. The van der Waals surface area contributed by atoms with Gasteiger partial charge in [-0.1, -0.05) is 19.1 Å². The van der Waals surface area contributed by atoms with Crippen LogP contribution < -0.4 is 0 Å². The second kappa shape index (κ2) is 8.35. The summed E-state index contributed by atoms with van der Waals surface area (Å²) < 4.78 is 28.1. The van der Waals surface area contributed by atoms with Crippen molar-refractivity contribution in [3.63, 3.8) is 0 Å². The van der Waals surface area contributed by atoms with Gasteiger partial charge in [0.1, 0.15) is 0 Å². The van der Waals surface area contributed by atoms with Crippen LogP contribution in [0.4, 0.5) is 8.78 Å². The van der Waals surface area contributed by atoms with Crippen molar-refractivity contribution in [2.45, 2.75) is 97.1 Å². The molecule has 0 radical (unpaired) electrons. The fourth-order valence-corrected chi connectivity index (χ4v) is 7.59. The number of benzene rings is 1. The van der Waals surface area contributed by atoms with E-state index in [0.29, 0.717) is 30.1 Å². The van der Waals surface area contributed by atoms with Gasteiger partial charge in [-0.15, -0.1) is 0 Å². The molecule has 2 fully saturated rings. The van der Waals surface area contributed by atoms with Crippen LogP contribution in [-0.4, -0.2) is 34.0 Å². The SMILES string of the molecule is CC(C)N(C(=O)[C@H]1CCC2C3CCc4cc(C(F)(F)C(=O)O)ccc4C3CC[C@@]21C)C(C)C. The fourth-order valence-electron chi connectivity index (χ4n) is 7.59. The Morgan fingerprint density at radius 3 is 2.36 bits per heavy atom. The molecule has 4 rings (SSSR count). The maximum atomic E-state index is 14.1. The maximum Gasteiger partial charge on any atom is 0.379 e.